The Morgan fingerprint density at radius 2 is 2.26 bits per heavy atom. The van der Waals surface area contributed by atoms with Gasteiger partial charge in [0.25, 0.3) is 0 Å². The van der Waals surface area contributed by atoms with Gasteiger partial charge < -0.3 is 20.4 Å². The van der Waals surface area contributed by atoms with Crippen molar-refractivity contribution in [3.8, 4) is 0 Å². The number of oxime groups is 1. The van der Waals surface area contributed by atoms with E-state index >= 15 is 0 Å². The summed E-state index contributed by atoms with van der Waals surface area (Å²) in [4.78, 5) is 18.0. The first-order chi connectivity index (χ1) is 8.88. The molecule has 0 aliphatic heterocycles. The third-order valence-electron chi connectivity index (χ3n) is 3.04. The fourth-order valence-corrected chi connectivity index (χ4v) is 1.89. The third-order valence-corrected chi connectivity index (χ3v) is 3.04. The second-order valence-corrected chi connectivity index (χ2v) is 4.90. The molecule has 0 saturated carbocycles. The first-order valence-corrected chi connectivity index (χ1v) is 6.07. The van der Waals surface area contributed by atoms with Gasteiger partial charge in [-0.2, -0.15) is 0 Å². The predicted molar refractivity (Wildman–Crippen MR) is 71.4 cm³/mol. The molecule has 7 nitrogen and oxygen atoms in total. The molecule has 0 aromatic carbocycles. The van der Waals surface area contributed by atoms with E-state index in [1.165, 1.54) is 4.90 Å². The van der Waals surface area contributed by atoms with Crippen LogP contribution in [0.25, 0.3) is 0 Å². The van der Waals surface area contributed by atoms with Crippen molar-refractivity contribution in [1.82, 2.24) is 14.5 Å². The Kier molecular flexibility index (Phi) is 4.91. The zero-order valence-corrected chi connectivity index (χ0v) is 11.7. The predicted octanol–water partition coefficient (Wildman–Crippen LogP) is 0.397. The van der Waals surface area contributed by atoms with Crippen LogP contribution in [0.15, 0.2) is 17.5 Å². The SMILES string of the molecule is CC(C)C(C(=O)N(C)Cc1nccn1C)/C(N)=N/O. The number of hydrogen-bond acceptors (Lipinski definition) is 4. The quantitative estimate of drug-likeness (QED) is 0.349. The van der Waals surface area contributed by atoms with Gasteiger partial charge in [0.2, 0.25) is 5.91 Å². The zero-order chi connectivity index (χ0) is 14.6. The molecule has 0 saturated heterocycles. The van der Waals surface area contributed by atoms with Gasteiger partial charge in [0, 0.05) is 26.5 Å². The van der Waals surface area contributed by atoms with E-state index < -0.39 is 5.92 Å². The highest BCUT2D eigenvalue weighted by atomic mass is 16.4. The summed E-state index contributed by atoms with van der Waals surface area (Å²) < 4.78 is 1.84. The molecular formula is C12H21N5O2. The van der Waals surface area contributed by atoms with Crippen LogP contribution in [0.2, 0.25) is 0 Å². The Bertz CT molecular complexity index is 466. The molecule has 3 N–H and O–H groups in total. The Balaban J connectivity index is 2.83. The summed E-state index contributed by atoms with van der Waals surface area (Å²) in [7, 11) is 3.54. The standard InChI is InChI=1S/C12H21N5O2/c1-8(2)10(11(13)15-19)12(18)17(4)7-9-14-5-6-16(9)3/h5-6,8,10,19H,7H2,1-4H3,(H2,13,15). The van der Waals surface area contributed by atoms with Crippen LogP contribution in [0.5, 0.6) is 0 Å². The van der Waals surface area contributed by atoms with Crippen molar-refractivity contribution in [3.63, 3.8) is 0 Å². The lowest BCUT2D eigenvalue weighted by atomic mass is 9.93. The first kappa shape index (κ1) is 15.0. The van der Waals surface area contributed by atoms with E-state index in [9.17, 15) is 4.79 Å². The van der Waals surface area contributed by atoms with E-state index in [0.717, 1.165) is 5.82 Å². The van der Waals surface area contributed by atoms with Gasteiger partial charge >= 0.3 is 0 Å². The molecule has 0 aliphatic carbocycles. The highest BCUT2D eigenvalue weighted by molar-refractivity contribution is 6.02. The third kappa shape index (κ3) is 3.46. The molecule has 7 heteroatoms. The number of carbonyl (C=O) groups excluding carboxylic acids is 1. The van der Waals surface area contributed by atoms with Crippen LogP contribution in [-0.4, -0.2) is 38.4 Å². The Hall–Kier alpha value is -2.05. The van der Waals surface area contributed by atoms with E-state index in [1.54, 1.807) is 13.2 Å². The molecule has 0 fully saturated rings. The van der Waals surface area contributed by atoms with Crippen molar-refractivity contribution in [1.29, 1.82) is 0 Å². The number of rotatable bonds is 5. The summed E-state index contributed by atoms with van der Waals surface area (Å²) in [5.74, 6) is -0.152. The van der Waals surface area contributed by atoms with E-state index in [2.05, 4.69) is 10.1 Å². The van der Waals surface area contributed by atoms with Crippen LogP contribution < -0.4 is 5.73 Å². The summed E-state index contributed by atoms with van der Waals surface area (Å²) in [5, 5.41) is 11.7. The number of nitrogens with zero attached hydrogens (tertiary/aromatic N) is 4. The smallest absolute Gasteiger partial charge is 0.233 e. The number of hydrogen-bond donors (Lipinski definition) is 2. The normalized spacial score (nSPS) is 13.6. The summed E-state index contributed by atoms with van der Waals surface area (Å²) in [6.07, 6.45) is 3.49. The van der Waals surface area contributed by atoms with Crippen LogP contribution in [-0.2, 0) is 18.4 Å². The molecule has 1 aromatic rings. The Morgan fingerprint density at radius 1 is 1.63 bits per heavy atom. The maximum atomic E-state index is 12.3. The summed E-state index contributed by atoms with van der Waals surface area (Å²) in [6, 6.07) is 0. The second-order valence-electron chi connectivity index (χ2n) is 4.90. The molecule has 1 atom stereocenters. The average molecular weight is 267 g/mol. The van der Waals surface area contributed by atoms with Crippen LogP contribution >= 0.6 is 0 Å². The average Bonchev–Trinajstić information content (AvgIpc) is 2.74. The monoisotopic (exact) mass is 267 g/mol. The van der Waals surface area contributed by atoms with E-state index in [0.29, 0.717) is 6.54 Å². The summed E-state index contributed by atoms with van der Waals surface area (Å²) in [5.41, 5.74) is 5.59. The maximum absolute atomic E-state index is 12.3. The number of aryl methyl sites for hydroxylation is 1. The van der Waals surface area contributed by atoms with Crippen LogP contribution in [0.1, 0.15) is 19.7 Å². The zero-order valence-electron chi connectivity index (χ0n) is 11.7. The van der Waals surface area contributed by atoms with Crippen LogP contribution in [0.4, 0.5) is 0 Å². The number of carbonyl (C=O) groups is 1. The molecule has 19 heavy (non-hydrogen) atoms. The number of amides is 1. The molecule has 1 unspecified atom stereocenters. The van der Waals surface area contributed by atoms with Gasteiger partial charge in [0.05, 0.1) is 6.54 Å². The molecule has 0 spiro atoms. The van der Waals surface area contributed by atoms with E-state index in [-0.39, 0.29) is 17.7 Å². The number of amidine groups is 1. The molecular weight excluding hydrogens is 246 g/mol. The van der Waals surface area contributed by atoms with Crippen LogP contribution in [0, 0.1) is 11.8 Å². The Labute approximate surface area is 112 Å². The molecule has 0 bridgehead atoms. The molecule has 0 aliphatic rings. The van der Waals surface area contributed by atoms with E-state index in [4.69, 9.17) is 10.9 Å². The van der Waals surface area contributed by atoms with Crippen LogP contribution in [0.3, 0.4) is 0 Å². The second kappa shape index (κ2) is 6.21. The molecule has 1 amide bonds. The van der Waals surface area contributed by atoms with Crippen molar-refractivity contribution in [2.45, 2.75) is 20.4 Å². The minimum absolute atomic E-state index is 0.0489. The van der Waals surface area contributed by atoms with Crippen molar-refractivity contribution in [2.75, 3.05) is 7.05 Å². The van der Waals surface area contributed by atoms with Crippen molar-refractivity contribution in [3.05, 3.63) is 18.2 Å². The minimum atomic E-state index is -0.629. The lowest BCUT2D eigenvalue weighted by Gasteiger charge is -2.25. The fraction of sp³-hybridized carbons (Fsp3) is 0.583. The molecule has 1 heterocycles. The highest BCUT2D eigenvalue weighted by Crippen LogP contribution is 2.15. The van der Waals surface area contributed by atoms with Gasteiger partial charge in [-0.05, 0) is 5.92 Å². The van der Waals surface area contributed by atoms with Gasteiger partial charge in [-0.25, -0.2) is 4.98 Å². The first-order valence-electron chi connectivity index (χ1n) is 6.07. The fourth-order valence-electron chi connectivity index (χ4n) is 1.89. The highest BCUT2D eigenvalue weighted by Gasteiger charge is 2.29. The molecule has 106 valence electrons. The van der Waals surface area contributed by atoms with Gasteiger partial charge in [-0.3, -0.25) is 4.79 Å². The number of nitrogens with two attached hydrogens (primary N) is 1. The molecule has 1 aromatic heterocycles. The maximum Gasteiger partial charge on any atom is 0.233 e. The van der Waals surface area contributed by atoms with Crippen molar-refractivity contribution >= 4 is 11.7 Å². The van der Waals surface area contributed by atoms with E-state index in [1.807, 2.05) is 31.7 Å². The lowest BCUT2D eigenvalue weighted by molar-refractivity contribution is -0.133. The van der Waals surface area contributed by atoms with Gasteiger partial charge in [-0.1, -0.05) is 19.0 Å². The number of imidazole rings is 1. The van der Waals surface area contributed by atoms with Crippen molar-refractivity contribution < 1.29 is 10.0 Å². The molecule has 1 rings (SSSR count). The Morgan fingerprint density at radius 3 is 2.68 bits per heavy atom. The minimum Gasteiger partial charge on any atom is -0.409 e. The van der Waals surface area contributed by atoms with Gasteiger partial charge in [0.1, 0.15) is 11.7 Å². The molecule has 0 radical (unpaired) electrons. The van der Waals surface area contributed by atoms with Gasteiger partial charge in [0.15, 0.2) is 5.84 Å². The lowest BCUT2D eigenvalue weighted by Crippen LogP contribution is -2.42. The number of aromatic nitrogens is 2. The topological polar surface area (TPSA) is 96.7 Å². The van der Waals surface area contributed by atoms with Gasteiger partial charge in [-0.15, -0.1) is 0 Å². The van der Waals surface area contributed by atoms with Crippen molar-refractivity contribution in [2.24, 2.45) is 29.8 Å². The largest absolute Gasteiger partial charge is 0.409 e. The summed E-state index contributed by atoms with van der Waals surface area (Å²) >= 11 is 0. The summed E-state index contributed by atoms with van der Waals surface area (Å²) in [6.45, 7) is 4.09.